The van der Waals surface area contributed by atoms with Gasteiger partial charge in [0.1, 0.15) is 5.75 Å². The van der Waals surface area contributed by atoms with E-state index in [0.29, 0.717) is 10.8 Å². The van der Waals surface area contributed by atoms with E-state index in [1.54, 1.807) is 18.2 Å². The number of hydrogen-bond acceptors (Lipinski definition) is 2. The van der Waals surface area contributed by atoms with Crippen LogP contribution in [0, 0.1) is 11.8 Å². The zero-order valence-corrected chi connectivity index (χ0v) is 12.1. The maximum absolute atomic E-state index is 11.6. The molecule has 0 aliphatic carbocycles. The van der Waals surface area contributed by atoms with Crippen molar-refractivity contribution in [3.05, 3.63) is 65.2 Å². The minimum Gasteiger partial charge on any atom is -0.484 e. The molecular formula is C17H14ClNO2. The third kappa shape index (κ3) is 5.21. The van der Waals surface area contributed by atoms with Crippen molar-refractivity contribution in [2.24, 2.45) is 0 Å². The summed E-state index contributed by atoms with van der Waals surface area (Å²) in [5.74, 6) is 6.20. The summed E-state index contributed by atoms with van der Waals surface area (Å²) in [4.78, 5) is 11.6. The molecule has 3 nitrogen and oxygen atoms in total. The number of ether oxygens (including phenoxy) is 1. The highest BCUT2D eigenvalue weighted by molar-refractivity contribution is 6.31. The second kappa shape index (κ2) is 7.98. The van der Waals surface area contributed by atoms with Crippen LogP contribution in [0.15, 0.2) is 54.6 Å². The average Bonchev–Trinajstić information content (AvgIpc) is 2.52. The number of amides is 1. The van der Waals surface area contributed by atoms with Crippen LogP contribution in [0.1, 0.15) is 5.56 Å². The Balaban J connectivity index is 1.74. The molecule has 0 spiro atoms. The highest BCUT2D eigenvalue weighted by Crippen LogP contribution is 2.12. The fourth-order valence-electron chi connectivity index (χ4n) is 1.56. The molecule has 0 heterocycles. The Kier molecular flexibility index (Phi) is 5.69. The van der Waals surface area contributed by atoms with E-state index < -0.39 is 0 Å². The molecule has 106 valence electrons. The van der Waals surface area contributed by atoms with Gasteiger partial charge in [-0.05, 0) is 24.3 Å². The number of carbonyl (C=O) groups is 1. The van der Waals surface area contributed by atoms with Crippen molar-refractivity contribution in [1.82, 2.24) is 5.32 Å². The standard InChI is InChI=1S/C17H14ClNO2/c18-16-11-5-4-7-14(16)8-6-12-19-17(20)13-21-15-9-2-1-3-10-15/h1-5,7,9-11H,12-13H2,(H,19,20). The number of benzene rings is 2. The van der Waals surface area contributed by atoms with Gasteiger partial charge in [0.25, 0.3) is 5.91 Å². The van der Waals surface area contributed by atoms with E-state index in [0.717, 1.165) is 5.56 Å². The highest BCUT2D eigenvalue weighted by atomic mass is 35.5. The molecule has 1 amide bonds. The summed E-state index contributed by atoms with van der Waals surface area (Å²) >= 11 is 5.97. The first-order valence-corrected chi connectivity index (χ1v) is 6.81. The Morgan fingerprint density at radius 2 is 1.81 bits per heavy atom. The molecule has 1 N–H and O–H groups in total. The number of nitrogens with one attached hydrogen (secondary N) is 1. The van der Waals surface area contributed by atoms with Gasteiger partial charge < -0.3 is 10.1 Å². The molecule has 2 aromatic carbocycles. The molecule has 0 aliphatic heterocycles. The summed E-state index contributed by atoms with van der Waals surface area (Å²) in [5, 5.41) is 3.26. The van der Waals surface area contributed by atoms with Gasteiger partial charge in [-0.15, -0.1) is 0 Å². The van der Waals surface area contributed by atoms with Crippen LogP contribution in [0.4, 0.5) is 0 Å². The third-order valence-corrected chi connectivity index (χ3v) is 2.91. The second-order valence-electron chi connectivity index (χ2n) is 4.16. The first kappa shape index (κ1) is 15.0. The summed E-state index contributed by atoms with van der Waals surface area (Å²) in [7, 11) is 0. The van der Waals surface area contributed by atoms with Crippen LogP contribution < -0.4 is 10.1 Å². The molecular weight excluding hydrogens is 286 g/mol. The van der Waals surface area contributed by atoms with Crippen LogP contribution in [0.2, 0.25) is 5.02 Å². The van der Waals surface area contributed by atoms with Crippen molar-refractivity contribution in [1.29, 1.82) is 0 Å². The topological polar surface area (TPSA) is 38.3 Å². The fraction of sp³-hybridized carbons (Fsp3) is 0.118. The maximum atomic E-state index is 11.6. The van der Waals surface area contributed by atoms with Crippen LogP contribution >= 0.6 is 11.6 Å². The van der Waals surface area contributed by atoms with Crippen LogP contribution in [0.3, 0.4) is 0 Å². The molecule has 2 aromatic rings. The van der Waals surface area contributed by atoms with Gasteiger partial charge in [-0.3, -0.25) is 4.79 Å². The van der Waals surface area contributed by atoms with Crippen molar-refractivity contribution in [3.8, 4) is 17.6 Å². The zero-order valence-electron chi connectivity index (χ0n) is 11.3. The first-order chi connectivity index (χ1) is 10.3. The third-order valence-electron chi connectivity index (χ3n) is 2.58. The summed E-state index contributed by atoms with van der Waals surface area (Å²) in [6.45, 7) is 0.222. The number of hydrogen-bond donors (Lipinski definition) is 1. The van der Waals surface area contributed by atoms with Crippen molar-refractivity contribution < 1.29 is 9.53 Å². The SMILES string of the molecule is O=C(COc1ccccc1)NCC#Cc1ccccc1Cl. The van der Waals surface area contributed by atoms with E-state index in [1.807, 2.05) is 36.4 Å². The predicted molar refractivity (Wildman–Crippen MR) is 83.3 cm³/mol. The quantitative estimate of drug-likeness (QED) is 0.882. The van der Waals surface area contributed by atoms with E-state index >= 15 is 0 Å². The minimum atomic E-state index is -0.215. The lowest BCUT2D eigenvalue weighted by Gasteiger charge is -2.04. The highest BCUT2D eigenvalue weighted by Gasteiger charge is 2.00. The van der Waals surface area contributed by atoms with Gasteiger partial charge in [-0.2, -0.15) is 0 Å². The summed E-state index contributed by atoms with van der Waals surface area (Å²) in [5.41, 5.74) is 0.744. The second-order valence-corrected chi connectivity index (χ2v) is 4.57. The Morgan fingerprint density at radius 3 is 2.57 bits per heavy atom. The Bertz CT molecular complexity index is 659. The van der Waals surface area contributed by atoms with E-state index in [2.05, 4.69) is 17.2 Å². The Hall–Kier alpha value is -2.44. The lowest BCUT2D eigenvalue weighted by Crippen LogP contribution is -2.29. The fourth-order valence-corrected chi connectivity index (χ4v) is 1.74. The molecule has 4 heteroatoms. The molecule has 0 aromatic heterocycles. The normalized spacial score (nSPS) is 9.38. The van der Waals surface area contributed by atoms with Gasteiger partial charge in [0.15, 0.2) is 6.61 Å². The maximum Gasteiger partial charge on any atom is 0.258 e. The predicted octanol–water partition coefficient (Wildman–Crippen LogP) is 2.89. The smallest absolute Gasteiger partial charge is 0.258 e. The molecule has 0 saturated carbocycles. The molecule has 0 saturated heterocycles. The molecule has 0 bridgehead atoms. The van der Waals surface area contributed by atoms with E-state index in [-0.39, 0.29) is 19.1 Å². The first-order valence-electron chi connectivity index (χ1n) is 6.43. The monoisotopic (exact) mass is 299 g/mol. The average molecular weight is 300 g/mol. The Morgan fingerprint density at radius 1 is 1.10 bits per heavy atom. The molecule has 2 rings (SSSR count). The van der Waals surface area contributed by atoms with Gasteiger partial charge in [-0.1, -0.05) is 53.8 Å². The number of carbonyl (C=O) groups excluding carboxylic acids is 1. The largest absolute Gasteiger partial charge is 0.484 e. The molecule has 0 unspecified atom stereocenters. The molecule has 21 heavy (non-hydrogen) atoms. The van der Waals surface area contributed by atoms with Crippen molar-refractivity contribution in [3.63, 3.8) is 0 Å². The van der Waals surface area contributed by atoms with E-state index in [9.17, 15) is 4.79 Å². The summed E-state index contributed by atoms with van der Waals surface area (Å²) < 4.78 is 5.32. The van der Waals surface area contributed by atoms with Crippen molar-refractivity contribution in [2.75, 3.05) is 13.2 Å². The van der Waals surface area contributed by atoms with Gasteiger partial charge in [0, 0.05) is 5.56 Å². The number of rotatable bonds is 4. The van der Waals surface area contributed by atoms with Crippen LogP contribution in [-0.4, -0.2) is 19.1 Å². The van der Waals surface area contributed by atoms with Crippen LogP contribution in [0.5, 0.6) is 5.75 Å². The number of para-hydroxylation sites is 1. The minimum absolute atomic E-state index is 0.0300. The van der Waals surface area contributed by atoms with E-state index in [4.69, 9.17) is 16.3 Å². The van der Waals surface area contributed by atoms with Crippen LogP contribution in [-0.2, 0) is 4.79 Å². The zero-order chi connectivity index (χ0) is 14.9. The van der Waals surface area contributed by atoms with Crippen LogP contribution in [0.25, 0.3) is 0 Å². The lowest BCUT2D eigenvalue weighted by molar-refractivity contribution is -0.122. The van der Waals surface area contributed by atoms with Crippen molar-refractivity contribution >= 4 is 17.5 Å². The van der Waals surface area contributed by atoms with Crippen molar-refractivity contribution in [2.45, 2.75) is 0 Å². The summed E-state index contributed by atoms with van der Waals surface area (Å²) in [6, 6.07) is 16.5. The lowest BCUT2D eigenvalue weighted by atomic mass is 10.2. The molecule has 0 aliphatic rings. The van der Waals surface area contributed by atoms with Gasteiger partial charge >= 0.3 is 0 Å². The van der Waals surface area contributed by atoms with Gasteiger partial charge in [0.2, 0.25) is 0 Å². The summed E-state index contributed by atoms with van der Waals surface area (Å²) in [6.07, 6.45) is 0. The van der Waals surface area contributed by atoms with Gasteiger partial charge in [-0.25, -0.2) is 0 Å². The molecule has 0 atom stereocenters. The number of halogens is 1. The molecule has 0 radical (unpaired) electrons. The Labute approximate surface area is 128 Å². The molecule has 0 fully saturated rings. The van der Waals surface area contributed by atoms with E-state index in [1.165, 1.54) is 0 Å². The van der Waals surface area contributed by atoms with Gasteiger partial charge in [0.05, 0.1) is 11.6 Å².